The maximum atomic E-state index is 10.1. The van der Waals surface area contributed by atoms with Crippen molar-refractivity contribution in [2.75, 3.05) is 13.2 Å². The second-order valence-corrected chi connectivity index (χ2v) is 6.78. The molecule has 0 aliphatic carbocycles. The van der Waals surface area contributed by atoms with Crippen LogP contribution in [0, 0.1) is 0 Å². The lowest BCUT2D eigenvalue weighted by molar-refractivity contribution is 0.103. The Bertz CT molecular complexity index is 554. The van der Waals surface area contributed by atoms with E-state index in [1.807, 2.05) is 24.3 Å². The van der Waals surface area contributed by atoms with Crippen LogP contribution in [0.2, 0.25) is 0 Å². The van der Waals surface area contributed by atoms with Gasteiger partial charge in [-0.25, -0.2) is 0 Å². The molecule has 0 fully saturated rings. The van der Waals surface area contributed by atoms with Crippen LogP contribution in [0.25, 0.3) is 0 Å². The molecule has 1 aromatic heterocycles. The Labute approximate surface area is 137 Å². The highest BCUT2D eigenvalue weighted by molar-refractivity contribution is 7.10. The number of hydrogen-bond donors (Lipinski definition) is 2. The van der Waals surface area contributed by atoms with Gasteiger partial charge in [-0.3, -0.25) is 0 Å². The number of nitrogens with one attached hydrogen (secondary N) is 1. The summed E-state index contributed by atoms with van der Waals surface area (Å²) in [5.41, 5.74) is 1.18. The molecule has 1 heterocycles. The summed E-state index contributed by atoms with van der Waals surface area (Å²) < 4.78 is 5.80. The topological polar surface area (TPSA) is 41.5 Å². The number of ether oxygens (including phenoxy) is 1. The standard InChI is InChI=1S/C18H25NO2S/c1-13(2)16-7-4-5-8-17(16)21-12-15(20)11-19-14(3)18-9-6-10-22-18/h4-10,13-15,19-20H,11-12H2,1-3H3. The molecule has 1 aromatic carbocycles. The highest BCUT2D eigenvalue weighted by Crippen LogP contribution is 2.25. The van der Waals surface area contributed by atoms with Gasteiger partial charge in [0, 0.05) is 17.5 Å². The molecule has 0 aliphatic rings. The van der Waals surface area contributed by atoms with E-state index in [-0.39, 0.29) is 6.04 Å². The van der Waals surface area contributed by atoms with Gasteiger partial charge in [0.1, 0.15) is 18.5 Å². The molecule has 2 atom stereocenters. The number of thiophene rings is 1. The molecule has 2 N–H and O–H groups in total. The zero-order chi connectivity index (χ0) is 15.9. The first-order chi connectivity index (χ1) is 10.6. The first-order valence-electron chi connectivity index (χ1n) is 7.74. The van der Waals surface area contributed by atoms with Crippen LogP contribution in [-0.4, -0.2) is 24.4 Å². The maximum absolute atomic E-state index is 10.1. The Kier molecular flexibility index (Phi) is 6.43. The summed E-state index contributed by atoms with van der Waals surface area (Å²) in [7, 11) is 0. The number of aliphatic hydroxyl groups is 1. The fourth-order valence-electron chi connectivity index (χ4n) is 2.28. The van der Waals surface area contributed by atoms with Crippen LogP contribution in [0.4, 0.5) is 0 Å². The molecule has 0 amide bonds. The van der Waals surface area contributed by atoms with Crippen molar-refractivity contribution in [2.24, 2.45) is 0 Å². The van der Waals surface area contributed by atoms with Gasteiger partial charge in [0.15, 0.2) is 0 Å². The van der Waals surface area contributed by atoms with E-state index in [4.69, 9.17) is 4.74 Å². The lowest BCUT2D eigenvalue weighted by atomic mass is 10.0. The average Bonchev–Trinajstić information content (AvgIpc) is 3.05. The van der Waals surface area contributed by atoms with Gasteiger partial charge in [-0.1, -0.05) is 38.1 Å². The Morgan fingerprint density at radius 2 is 1.91 bits per heavy atom. The van der Waals surface area contributed by atoms with Crippen molar-refractivity contribution >= 4 is 11.3 Å². The van der Waals surface area contributed by atoms with Crippen molar-refractivity contribution in [1.29, 1.82) is 0 Å². The van der Waals surface area contributed by atoms with E-state index in [9.17, 15) is 5.11 Å². The fraction of sp³-hybridized carbons (Fsp3) is 0.444. The monoisotopic (exact) mass is 319 g/mol. The molecule has 2 rings (SSSR count). The Hall–Kier alpha value is -1.36. The van der Waals surface area contributed by atoms with E-state index >= 15 is 0 Å². The van der Waals surface area contributed by atoms with Gasteiger partial charge in [-0.05, 0) is 35.9 Å². The molecule has 2 unspecified atom stereocenters. The molecule has 120 valence electrons. The molecular formula is C18H25NO2S. The average molecular weight is 319 g/mol. The van der Waals surface area contributed by atoms with Gasteiger partial charge in [0.05, 0.1) is 0 Å². The molecule has 4 heteroatoms. The third-order valence-electron chi connectivity index (χ3n) is 3.60. The Morgan fingerprint density at radius 3 is 2.59 bits per heavy atom. The van der Waals surface area contributed by atoms with Crippen LogP contribution < -0.4 is 10.1 Å². The van der Waals surface area contributed by atoms with Crippen LogP contribution in [0.5, 0.6) is 5.75 Å². The summed E-state index contributed by atoms with van der Waals surface area (Å²) in [6.07, 6.45) is -0.525. The predicted octanol–water partition coefficient (Wildman–Crippen LogP) is 3.96. The van der Waals surface area contributed by atoms with Crippen LogP contribution >= 0.6 is 11.3 Å². The first-order valence-corrected chi connectivity index (χ1v) is 8.62. The van der Waals surface area contributed by atoms with E-state index in [0.29, 0.717) is 19.1 Å². The number of benzene rings is 1. The zero-order valence-corrected chi connectivity index (χ0v) is 14.3. The molecule has 22 heavy (non-hydrogen) atoms. The molecule has 0 saturated carbocycles. The summed E-state index contributed by atoms with van der Waals surface area (Å²) in [5.74, 6) is 1.27. The maximum Gasteiger partial charge on any atom is 0.122 e. The van der Waals surface area contributed by atoms with Crippen molar-refractivity contribution in [3.8, 4) is 5.75 Å². The molecule has 3 nitrogen and oxygen atoms in total. The molecule has 2 aromatic rings. The van der Waals surface area contributed by atoms with Crippen molar-refractivity contribution in [3.63, 3.8) is 0 Å². The minimum atomic E-state index is -0.525. The van der Waals surface area contributed by atoms with Crippen molar-refractivity contribution in [3.05, 3.63) is 52.2 Å². The van der Waals surface area contributed by atoms with Crippen LogP contribution in [0.15, 0.2) is 41.8 Å². The molecule has 0 aliphatic heterocycles. The minimum Gasteiger partial charge on any atom is -0.491 e. The number of rotatable bonds is 8. The third kappa shape index (κ3) is 4.83. The molecule has 0 spiro atoms. The number of para-hydroxylation sites is 1. The van der Waals surface area contributed by atoms with E-state index < -0.39 is 6.10 Å². The highest BCUT2D eigenvalue weighted by atomic mass is 32.1. The van der Waals surface area contributed by atoms with Crippen molar-refractivity contribution in [2.45, 2.75) is 38.8 Å². The zero-order valence-electron chi connectivity index (χ0n) is 13.5. The second-order valence-electron chi connectivity index (χ2n) is 5.80. The summed E-state index contributed by atoms with van der Waals surface area (Å²) in [6.45, 7) is 7.20. The quantitative estimate of drug-likeness (QED) is 0.774. The second kappa shape index (κ2) is 8.32. The van der Waals surface area contributed by atoms with Gasteiger partial charge in [0.2, 0.25) is 0 Å². The summed E-state index contributed by atoms with van der Waals surface area (Å²) in [5, 5.41) is 15.5. The van der Waals surface area contributed by atoms with Crippen LogP contribution in [-0.2, 0) is 0 Å². The van der Waals surface area contributed by atoms with E-state index in [0.717, 1.165) is 5.75 Å². The molecular weight excluding hydrogens is 294 g/mol. The smallest absolute Gasteiger partial charge is 0.122 e. The van der Waals surface area contributed by atoms with Crippen LogP contribution in [0.3, 0.4) is 0 Å². The Morgan fingerprint density at radius 1 is 1.14 bits per heavy atom. The molecule has 0 saturated heterocycles. The van der Waals surface area contributed by atoms with Gasteiger partial charge in [-0.15, -0.1) is 11.3 Å². The Balaban J connectivity index is 1.79. The van der Waals surface area contributed by atoms with Gasteiger partial charge >= 0.3 is 0 Å². The van der Waals surface area contributed by atoms with E-state index in [1.165, 1.54) is 10.4 Å². The number of hydrogen-bond acceptors (Lipinski definition) is 4. The third-order valence-corrected chi connectivity index (χ3v) is 4.66. The summed E-state index contributed by atoms with van der Waals surface area (Å²) in [4.78, 5) is 1.28. The normalized spacial score (nSPS) is 14.0. The summed E-state index contributed by atoms with van der Waals surface area (Å²) >= 11 is 1.72. The fourth-order valence-corrected chi connectivity index (χ4v) is 3.04. The lowest BCUT2D eigenvalue weighted by Crippen LogP contribution is -2.32. The van der Waals surface area contributed by atoms with Crippen molar-refractivity contribution < 1.29 is 9.84 Å². The predicted molar refractivity (Wildman–Crippen MR) is 92.8 cm³/mol. The molecule has 0 radical (unpaired) electrons. The summed E-state index contributed by atoms with van der Waals surface area (Å²) in [6, 6.07) is 12.4. The van der Waals surface area contributed by atoms with Crippen molar-refractivity contribution in [1.82, 2.24) is 5.32 Å². The number of aliphatic hydroxyl groups excluding tert-OH is 1. The minimum absolute atomic E-state index is 0.248. The molecule has 0 bridgehead atoms. The largest absolute Gasteiger partial charge is 0.491 e. The van der Waals surface area contributed by atoms with E-state index in [2.05, 4.69) is 43.6 Å². The van der Waals surface area contributed by atoms with Gasteiger partial charge in [-0.2, -0.15) is 0 Å². The van der Waals surface area contributed by atoms with Gasteiger partial charge in [0.25, 0.3) is 0 Å². The lowest BCUT2D eigenvalue weighted by Gasteiger charge is -2.18. The van der Waals surface area contributed by atoms with Crippen LogP contribution in [0.1, 0.15) is 43.2 Å². The SMILES string of the molecule is CC(C)c1ccccc1OCC(O)CNC(C)c1cccs1. The van der Waals surface area contributed by atoms with E-state index in [1.54, 1.807) is 11.3 Å². The van der Waals surface area contributed by atoms with Gasteiger partial charge < -0.3 is 15.2 Å². The first kappa shape index (κ1) is 17.0. The highest BCUT2D eigenvalue weighted by Gasteiger charge is 2.12.